The second kappa shape index (κ2) is 4.22. The Kier molecular flexibility index (Phi) is 2.36. The molecule has 0 fully saturated rings. The average molecular weight is 272 g/mol. The Hall–Kier alpha value is -3.06. The van der Waals surface area contributed by atoms with E-state index in [1.54, 1.807) is 0 Å². The van der Waals surface area contributed by atoms with Crippen LogP contribution in [-0.4, -0.2) is 14.0 Å². The van der Waals surface area contributed by atoms with E-state index < -0.39 is 0 Å². The fourth-order valence-corrected chi connectivity index (χ4v) is 2.75. The summed E-state index contributed by atoms with van der Waals surface area (Å²) in [5, 5.41) is 9.45. The highest BCUT2D eigenvalue weighted by molar-refractivity contribution is 5.84. The van der Waals surface area contributed by atoms with Crippen molar-refractivity contribution in [2.45, 2.75) is 6.92 Å². The number of fused-ring (bicyclic) bond motifs is 3. The fourth-order valence-electron chi connectivity index (χ4n) is 2.75. The summed E-state index contributed by atoms with van der Waals surface area (Å²) in [6, 6.07) is 16.2. The second-order valence-electron chi connectivity index (χ2n) is 5.02. The number of nitriles is 1. The van der Waals surface area contributed by atoms with Crippen LogP contribution in [0.15, 0.2) is 54.9 Å². The minimum absolute atomic E-state index is 0.627. The molecule has 4 aromatic rings. The van der Waals surface area contributed by atoms with Gasteiger partial charge in [-0.25, -0.2) is 4.98 Å². The lowest BCUT2D eigenvalue weighted by molar-refractivity contribution is 0.975. The zero-order valence-corrected chi connectivity index (χ0v) is 11.5. The fraction of sp³-hybridized carbons (Fsp3) is 0.0588. The van der Waals surface area contributed by atoms with Crippen molar-refractivity contribution in [1.29, 1.82) is 5.26 Å². The van der Waals surface area contributed by atoms with E-state index in [1.165, 1.54) is 0 Å². The average Bonchev–Trinajstić information content (AvgIpc) is 3.14. The number of aryl methyl sites for hydroxylation is 1. The maximum absolute atomic E-state index is 9.45. The maximum Gasteiger partial charge on any atom is 0.157 e. The Morgan fingerprint density at radius 2 is 1.86 bits per heavy atom. The summed E-state index contributed by atoms with van der Waals surface area (Å²) in [4.78, 5) is 4.64. The van der Waals surface area contributed by atoms with Crippen molar-refractivity contribution in [3.8, 4) is 11.9 Å². The van der Waals surface area contributed by atoms with Gasteiger partial charge in [-0.2, -0.15) is 5.26 Å². The number of imidazole rings is 1. The Morgan fingerprint density at radius 3 is 2.62 bits per heavy atom. The van der Waals surface area contributed by atoms with Crippen LogP contribution in [0.25, 0.3) is 22.5 Å². The molecule has 4 rings (SSSR count). The molecule has 4 heteroatoms. The summed E-state index contributed by atoms with van der Waals surface area (Å²) in [5.41, 5.74) is 4.18. The first kappa shape index (κ1) is 11.7. The summed E-state index contributed by atoms with van der Waals surface area (Å²) in [7, 11) is 0. The van der Waals surface area contributed by atoms with Crippen LogP contribution in [-0.2, 0) is 0 Å². The van der Waals surface area contributed by atoms with Gasteiger partial charge in [0.25, 0.3) is 0 Å². The molecule has 1 aromatic carbocycles. The van der Waals surface area contributed by atoms with E-state index in [0.29, 0.717) is 11.2 Å². The van der Waals surface area contributed by atoms with Crippen LogP contribution < -0.4 is 0 Å². The predicted octanol–water partition coefficient (Wildman–Crippen LogP) is 3.46. The van der Waals surface area contributed by atoms with Gasteiger partial charge in [0.05, 0.1) is 16.6 Å². The standard InChI is InChI=1S/C17H12N4/c1-12-10-16(20-8-4-5-9-20)21-15-7-3-2-6-14(15)19-17(21)13(12)11-18/h2-10H,1H3. The summed E-state index contributed by atoms with van der Waals surface area (Å²) in [6.07, 6.45) is 3.99. The molecule has 3 heterocycles. The van der Waals surface area contributed by atoms with Crippen LogP contribution in [0.2, 0.25) is 0 Å². The number of hydrogen-bond donors (Lipinski definition) is 0. The monoisotopic (exact) mass is 272 g/mol. The third-order valence-electron chi connectivity index (χ3n) is 3.73. The molecule has 0 bridgehead atoms. The lowest BCUT2D eigenvalue weighted by Crippen LogP contribution is -2.03. The van der Waals surface area contributed by atoms with E-state index in [9.17, 15) is 5.26 Å². The third-order valence-corrected chi connectivity index (χ3v) is 3.73. The molecule has 0 aliphatic rings. The van der Waals surface area contributed by atoms with Crippen LogP contribution >= 0.6 is 0 Å². The topological polar surface area (TPSA) is 46.0 Å². The SMILES string of the molecule is Cc1cc(-n2cccc2)n2c(nc3ccccc32)c1C#N. The summed E-state index contributed by atoms with van der Waals surface area (Å²) < 4.78 is 4.08. The maximum atomic E-state index is 9.45. The summed E-state index contributed by atoms with van der Waals surface area (Å²) in [6.45, 7) is 1.95. The highest BCUT2D eigenvalue weighted by Crippen LogP contribution is 2.25. The lowest BCUT2D eigenvalue weighted by atomic mass is 10.1. The molecule has 0 unspecified atom stereocenters. The minimum Gasteiger partial charge on any atom is -0.310 e. The molecule has 0 N–H and O–H groups in total. The van der Waals surface area contributed by atoms with Gasteiger partial charge < -0.3 is 4.57 Å². The lowest BCUT2D eigenvalue weighted by Gasteiger charge is -2.10. The van der Waals surface area contributed by atoms with Crippen molar-refractivity contribution in [3.05, 3.63) is 66.0 Å². The van der Waals surface area contributed by atoms with Gasteiger partial charge in [0, 0.05) is 12.4 Å². The molecule has 0 amide bonds. The minimum atomic E-state index is 0.627. The Bertz CT molecular complexity index is 1000. The number of hydrogen-bond acceptors (Lipinski definition) is 2. The number of pyridine rings is 1. The van der Waals surface area contributed by atoms with E-state index in [2.05, 4.69) is 11.1 Å². The van der Waals surface area contributed by atoms with Gasteiger partial charge in [-0.15, -0.1) is 0 Å². The quantitative estimate of drug-likeness (QED) is 0.532. The normalized spacial score (nSPS) is 11.0. The van der Waals surface area contributed by atoms with Gasteiger partial charge in [-0.3, -0.25) is 4.40 Å². The number of rotatable bonds is 1. The molecule has 100 valence electrons. The molecule has 0 radical (unpaired) electrons. The molecule has 0 saturated carbocycles. The van der Waals surface area contributed by atoms with Crippen molar-refractivity contribution in [1.82, 2.24) is 14.0 Å². The van der Waals surface area contributed by atoms with E-state index in [4.69, 9.17) is 0 Å². The summed E-state index contributed by atoms with van der Waals surface area (Å²) >= 11 is 0. The third kappa shape index (κ3) is 1.58. The highest BCUT2D eigenvalue weighted by Gasteiger charge is 2.15. The highest BCUT2D eigenvalue weighted by atomic mass is 15.1. The molecule has 21 heavy (non-hydrogen) atoms. The van der Waals surface area contributed by atoms with Gasteiger partial charge in [0.1, 0.15) is 11.9 Å². The Morgan fingerprint density at radius 1 is 1.10 bits per heavy atom. The zero-order chi connectivity index (χ0) is 14.4. The molecular weight excluding hydrogens is 260 g/mol. The first-order valence-corrected chi connectivity index (χ1v) is 6.74. The van der Waals surface area contributed by atoms with Crippen molar-refractivity contribution >= 4 is 16.7 Å². The largest absolute Gasteiger partial charge is 0.310 e. The summed E-state index contributed by atoms with van der Waals surface area (Å²) in [5.74, 6) is 0.986. The number of aromatic nitrogens is 3. The zero-order valence-electron chi connectivity index (χ0n) is 11.5. The smallest absolute Gasteiger partial charge is 0.157 e. The number of benzene rings is 1. The van der Waals surface area contributed by atoms with Crippen LogP contribution in [0.5, 0.6) is 0 Å². The van der Waals surface area contributed by atoms with Crippen LogP contribution in [0, 0.1) is 18.3 Å². The predicted molar refractivity (Wildman–Crippen MR) is 81.5 cm³/mol. The van der Waals surface area contributed by atoms with Crippen molar-refractivity contribution in [3.63, 3.8) is 0 Å². The van der Waals surface area contributed by atoms with E-state index in [1.807, 2.05) is 70.7 Å². The van der Waals surface area contributed by atoms with Gasteiger partial charge >= 0.3 is 0 Å². The number of nitrogens with zero attached hydrogens (tertiary/aromatic N) is 4. The molecule has 0 saturated heterocycles. The van der Waals surface area contributed by atoms with Crippen LogP contribution in [0.1, 0.15) is 11.1 Å². The first-order valence-electron chi connectivity index (χ1n) is 6.74. The molecular formula is C17H12N4. The number of para-hydroxylation sites is 2. The molecule has 0 atom stereocenters. The van der Waals surface area contributed by atoms with Gasteiger partial charge in [0.2, 0.25) is 0 Å². The van der Waals surface area contributed by atoms with Crippen LogP contribution in [0.4, 0.5) is 0 Å². The van der Waals surface area contributed by atoms with E-state index in [-0.39, 0.29) is 0 Å². The van der Waals surface area contributed by atoms with Crippen LogP contribution in [0.3, 0.4) is 0 Å². The van der Waals surface area contributed by atoms with Crippen molar-refractivity contribution in [2.24, 2.45) is 0 Å². The molecule has 4 nitrogen and oxygen atoms in total. The Balaban J connectivity index is 2.27. The second-order valence-corrected chi connectivity index (χ2v) is 5.02. The molecule has 3 aromatic heterocycles. The van der Waals surface area contributed by atoms with Gasteiger partial charge in [-0.1, -0.05) is 12.1 Å². The molecule has 0 aliphatic carbocycles. The van der Waals surface area contributed by atoms with E-state index in [0.717, 1.165) is 22.4 Å². The molecule has 0 aliphatic heterocycles. The Labute approximate surface area is 121 Å². The van der Waals surface area contributed by atoms with Gasteiger partial charge in [-0.05, 0) is 42.8 Å². The molecule has 0 spiro atoms. The van der Waals surface area contributed by atoms with E-state index >= 15 is 0 Å². The van der Waals surface area contributed by atoms with Crippen molar-refractivity contribution in [2.75, 3.05) is 0 Å². The first-order chi connectivity index (χ1) is 10.3. The van der Waals surface area contributed by atoms with Crippen molar-refractivity contribution < 1.29 is 0 Å². The van der Waals surface area contributed by atoms with Gasteiger partial charge in [0.15, 0.2) is 5.65 Å².